The van der Waals surface area contributed by atoms with Gasteiger partial charge in [0.15, 0.2) is 11.5 Å². The predicted molar refractivity (Wildman–Crippen MR) is 91.9 cm³/mol. The van der Waals surface area contributed by atoms with Crippen LogP contribution in [0.25, 0.3) is 11.6 Å². The van der Waals surface area contributed by atoms with Crippen LogP contribution in [-0.4, -0.2) is 39.1 Å². The average Bonchev–Trinajstić information content (AvgIpc) is 3.19. The minimum Gasteiger partial charge on any atom is -0.478 e. The SMILES string of the molecule is CC(C)(C)OC(=O)n1cnc(C=C(C(=O)O)c2ccc3c(c2)OCO3)c1. The van der Waals surface area contributed by atoms with Crippen molar-refractivity contribution in [2.45, 2.75) is 26.4 Å². The highest BCUT2D eigenvalue weighted by Crippen LogP contribution is 2.34. The van der Waals surface area contributed by atoms with Crippen LogP contribution in [0.1, 0.15) is 32.0 Å². The summed E-state index contributed by atoms with van der Waals surface area (Å²) in [6.45, 7) is 5.37. The Labute approximate surface area is 149 Å². The molecule has 2 aromatic rings. The molecule has 0 aliphatic carbocycles. The van der Waals surface area contributed by atoms with Crippen LogP contribution in [0, 0.1) is 0 Å². The third-order valence-corrected chi connectivity index (χ3v) is 3.41. The maximum absolute atomic E-state index is 12.0. The lowest BCUT2D eigenvalue weighted by Gasteiger charge is -2.18. The van der Waals surface area contributed by atoms with Gasteiger partial charge in [0.2, 0.25) is 6.79 Å². The van der Waals surface area contributed by atoms with Gasteiger partial charge in [-0.2, -0.15) is 0 Å². The molecule has 26 heavy (non-hydrogen) atoms. The maximum Gasteiger partial charge on any atom is 0.419 e. The molecule has 0 atom stereocenters. The smallest absolute Gasteiger partial charge is 0.419 e. The number of carbonyl (C=O) groups is 2. The Balaban J connectivity index is 1.89. The van der Waals surface area contributed by atoms with E-state index in [0.717, 1.165) is 4.57 Å². The number of carbonyl (C=O) groups excluding carboxylic acids is 1. The van der Waals surface area contributed by atoms with Crippen molar-refractivity contribution >= 4 is 23.7 Å². The summed E-state index contributed by atoms with van der Waals surface area (Å²) >= 11 is 0. The van der Waals surface area contributed by atoms with E-state index >= 15 is 0 Å². The van der Waals surface area contributed by atoms with Crippen LogP contribution in [0.2, 0.25) is 0 Å². The number of benzene rings is 1. The maximum atomic E-state index is 12.0. The molecule has 3 rings (SSSR count). The van der Waals surface area contributed by atoms with E-state index in [1.807, 2.05) is 0 Å². The van der Waals surface area contributed by atoms with Gasteiger partial charge >= 0.3 is 12.1 Å². The molecule has 0 saturated heterocycles. The second-order valence-corrected chi connectivity index (χ2v) is 6.62. The Kier molecular flexibility index (Phi) is 4.41. The topological polar surface area (TPSA) is 99.9 Å². The zero-order chi connectivity index (χ0) is 18.9. The number of aliphatic carboxylic acids is 1. The number of hydrogen-bond donors (Lipinski definition) is 1. The fourth-order valence-electron chi connectivity index (χ4n) is 2.31. The molecule has 1 aromatic carbocycles. The van der Waals surface area contributed by atoms with E-state index in [1.54, 1.807) is 39.0 Å². The van der Waals surface area contributed by atoms with E-state index in [4.69, 9.17) is 14.2 Å². The second kappa shape index (κ2) is 6.55. The summed E-state index contributed by atoms with van der Waals surface area (Å²) in [5.41, 5.74) is 0.119. The summed E-state index contributed by atoms with van der Waals surface area (Å²) in [5, 5.41) is 9.54. The minimum absolute atomic E-state index is 0.0118. The van der Waals surface area contributed by atoms with Crippen LogP contribution in [-0.2, 0) is 9.53 Å². The number of carboxylic acids is 1. The van der Waals surface area contributed by atoms with E-state index in [-0.39, 0.29) is 12.4 Å². The Morgan fingerprint density at radius 1 is 1.27 bits per heavy atom. The van der Waals surface area contributed by atoms with Crippen molar-refractivity contribution in [2.75, 3.05) is 6.79 Å². The monoisotopic (exact) mass is 358 g/mol. The molecule has 1 N–H and O–H groups in total. The number of aromatic nitrogens is 2. The van der Waals surface area contributed by atoms with Crippen molar-refractivity contribution in [1.82, 2.24) is 9.55 Å². The van der Waals surface area contributed by atoms with Crippen molar-refractivity contribution in [3.8, 4) is 11.5 Å². The van der Waals surface area contributed by atoms with Gasteiger partial charge in [-0.3, -0.25) is 0 Å². The van der Waals surface area contributed by atoms with Crippen molar-refractivity contribution < 1.29 is 28.9 Å². The van der Waals surface area contributed by atoms with E-state index < -0.39 is 17.7 Å². The van der Waals surface area contributed by atoms with Crippen molar-refractivity contribution in [1.29, 1.82) is 0 Å². The molecule has 1 aromatic heterocycles. The molecule has 0 amide bonds. The number of imidazole rings is 1. The van der Waals surface area contributed by atoms with E-state index in [2.05, 4.69) is 4.98 Å². The van der Waals surface area contributed by atoms with Crippen LogP contribution >= 0.6 is 0 Å². The van der Waals surface area contributed by atoms with Gasteiger partial charge in [-0.15, -0.1) is 0 Å². The highest BCUT2D eigenvalue weighted by atomic mass is 16.7. The lowest BCUT2D eigenvalue weighted by molar-refractivity contribution is -0.130. The number of rotatable bonds is 3. The molecule has 1 aliphatic rings. The fraction of sp³-hybridized carbons (Fsp3) is 0.278. The van der Waals surface area contributed by atoms with Crippen molar-refractivity contribution in [3.05, 3.63) is 42.0 Å². The first-order valence-electron chi connectivity index (χ1n) is 7.85. The summed E-state index contributed by atoms with van der Waals surface area (Å²) < 4.78 is 16.9. The predicted octanol–water partition coefficient (Wildman–Crippen LogP) is 3.02. The molecular weight excluding hydrogens is 340 g/mol. The Morgan fingerprint density at radius 2 is 2.00 bits per heavy atom. The van der Waals surface area contributed by atoms with Gasteiger partial charge < -0.3 is 19.3 Å². The van der Waals surface area contributed by atoms with E-state index in [0.29, 0.717) is 22.8 Å². The van der Waals surface area contributed by atoms with Gasteiger partial charge in [0.05, 0.1) is 11.3 Å². The van der Waals surface area contributed by atoms with Crippen molar-refractivity contribution in [3.63, 3.8) is 0 Å². The third-order valence-electron chi connectivity index (χ3n) is 3.41. The number of carboxylic acid groups (broad SMARTS) is 1. The molecule has 0 radical (unpaired) electrons. The van der Waals surface area contributed by atoms with Gasteiger partial charge in [-0.1, -0.05) is 6.07 Å². The highest BCUT2D eigenvalue weighted by molar-refractivity contribution is 6.20. The van der Waals surface area contributed by atoms with Crippen LogP contribution in [0.4, 0.5) is 4.79 Å². The Morgan fingerprint density at radius 3 is 2.69 bits per heavy atom. The van der Waals surface area contributed by atoms with Gasteiger partial charge in [0.1, 0.15) is 11.9 Å². The first kappa shape index (κ1) is 17.5. The molecule has 0 bridgehead atoms. The third kappa shape index (κ3) is 3.85. The molecule has 0 fully saturated rings. The number of fused-ring (bicyclic) bond motifs is 1. The molecule has 0 spiro atoms. The van der Waals surface area contributed by atoms with Crippen LogP contribution in [0.5, 0.6) is 11.5 Å². The molecule has 8 heteroatoms. The van der Waals surface area contributed by atoms with Gasteiger partial charge in [0, 0.05) is 6.20 Å². The molecule has 8 nitrogen and oxygen atoms in total. The zero-order valence-electron chi connectivity index (χ0n) is 14.6. The lowest BCUT2D eigenvalue weighted by Crippen LogP contribution is -2.26. The zero-order valence-corrected chi connectivity index (χ0v) is 14.6. The van der Waals surface area contributed by atoms with Crippen LogP contribution in [0.3, 0.4) is 0 Å². The standard InChI is InChI=1S/C18H18N2O6/c1-18(2,3)26-17(23)20-8-12(19-9-20)7-13(16(21)22)11-4-5-14-15(6-11)25-10-24-14/h4-9H,10H2,1-3H3,(H,21,22). The molecule has 136 valence electrons. The summed E-state index contributed by atoms with van der Waals surface area (Å²) in [6, 6.07) is 4.86. The van der Waals surface area contributed by atoms with Gasteiger partial charge in [-0.25, -0.2) is 19.1 Å². The Bertz CT molecular complexity index is 891. The second-order valence-electron chi connectivity index (χ2n) is 6.62. The van der Waals surface area contributed by atoms with E-state index in [9.17, 15) is 14.7 Å². The highest BCUT2D eigenvalue weighted by Gasteiger charge is 2.20. The largest absolute Gasteiger partial charge is 0.478 e. The summed E-state index contributed by atoms with van der Waals surface area (Å²) in [5.74, 6) is -0.0858. The average molecular weight is 358 g/mol. The molecule has 0 unspecified atom stereocenters. The van der Waals surface area contributed by atoms with Gasteiger partial charge in [-0.05, 0) is 44.5 Å². The molecule has 2 heterocycles. The normalized spacial score (nSPS) is 13.6. The summed E-state index contributed by atoms with van der Waals surface area (Å²) in [4.78, 5) is 27.7. The first-order valence-corrected chi connectivity index (χ1v) is 7.85. The summed E-state index contributed by atoms with van der Waals surface area (Å²) in [6.07, 6.45) is 3.47. The Hall–Kier alpha value is -3.29. The minimum atomic E-state index is -1.13. The van der Waals surface area contributed by atoms with Crippen LogP contribution in [0.15, 0.2) is 30.7 Å². The van der Waals surface area contributed by atoms with Gasteiger partial charge in [0.25, 0.3) is 0 Å². The molecule has 1 aliphatic heterocycles. The number of nitrogens with zero attached hydrogens (tertiary/aromatic N) is 2. The quantitative estimate of drug-likeness (QED) is 0.842. The fourth-order valence-corrected chi connectivity index (χ4v) is 2.31. The molecule has 0 saturated carbocycles. The number of ether oxygens (including phenoxy) is 3. The van der Waals surface area contributed by atoms with E-state index in [1.165, 1.54) is 18.6 Å². The summed E-state index contributed by atoms with van der Waals surface area (Å²) in [7, 11) is 0. The van der Waals surface area contributed by atoms with Crippen LogP contribution < -0.4 is 9.47 Å². The first-order chi connectivity index (χ1) is 12.2. The van der Waals surface area contributed by atoms with Crippen molar-refractivity contribution in [2.24, 2.45) is 0 Å². The lowest BCUT2D eigenvalue weighted by atomic mass is 10.0. The number of hydrogen-bond acceptors (Lipinski definition) is 6. The molecular formula is C18H18N2O6.